The number of hydrogen-bond donors (Lipinski definition) is 1. The molecule has 0 spiro atoms. The lowest BCUT2D eigenvalue weighted by atomic mass is 9.94. The second-order valence-corrected chi connectivity index (χ2v) is 15.2. The van der Waals surface area contributed by atoms with Crippen LogP contribution in [0.3, 0.4) is 0 Å². The molecule has 2 saturated heterocycles. The molecule has 1 N–H and O–H groups in total. The Kier molecular flexibility index (Phi) is 10.5. The van der Waals surface area contributed by atoms with Gasteiger partial charge in [-0.05, 0) is 61.8 Å². The highest BCUT2D eigenvalue weighted by Crippen LogP contribution is 2.38. The van der Waals surface area contributed by atoms with Crippen LogP contribution in [0.2, 0.25) is 10.0 Å². The molecule has 2 aliphatic heterocycles. The van der Waals surface area contributed by atoms with Crippen molar-refractivity contribution in [2.24, 2.45) is 0 Å². The highest BCUT2D eigenvalue weighted by molar-refractivity contribution is 7.90. The van der Waals surface area contributed by atoms with Gasteiger partial charge in [0.25, 0.3) is 5.91 Å². The highest BCUT2D eigenvalue weighted by Gasteiger charge is 2.42. The third-order valence-electron chi connectivity index (χ3n) is 9.14. The number of sulfone groups is 1. The van der Waals surface area contributed by atoms with Crippen molar-refractivity contribution in [3.8, 4) is 11.3 Å². The maximum Gasteiger partial charge on any atom is 0.412 e. The largest absolute Gasteiger partial charge is 0.412 e. The van der Waals surface area contributed by atoms with E-state index >= 15 is 0 Å². The SMILES string of the molecule is CS(=O)(=O)c1ccc2nc(-c3ccc(Cl)c(Cl)c3)c(CN3CCC(N4CCOCC4)CC3)c(C(=O)NC(c3ccccc3)C(F)(F)F)c2c1. The normalized spacial score (nSPS) is 17.7. The molecule has 4 aromatic rings. The van der Waals surface area contributed by atoms with Crippen molar-refractivity contribution in [2.75, 3.05) is 45.6 Å². The summed E-state index contributed by atoms with van der Waals surface area (Å²) in [6.45, 7) is 4.59. The number of morpholine rings is 1. The molecule has 1 amide bonds. The fourth-order valence-electron chi connectivity index (χ4n) is 6.62. The van der Waals surface area contributed by atoms with Gasteiger partial charge in [0, 0.05) is 48.4 Å². The summed E-state index contributed by atoms with van der Waals surface area (Å²) in [4.78, 5) is 23.8. The first kappa shape index (κ1) is 35.6. The molecule has 0 saturated carbocycles. The third kappa shape index (κ3) is 8.05. The van der Waals surface area contributed by atoms with Crippen molar-refractivity contribution in [1.29, 1.82) is 0 Å². The van der Waals surface area contributed by atoms with Gasteiger partial charge >= 0.3 is 6.18 Å². The molecule has 49 heavy (non-hydrogen) atoms. The number of benzene rings is 3. The third-order valence-corrected chi connectivity index (χ3v) is 11.0. The van der Waals surface area contributed by atoms with E-state index in [-0.39, 0.29) is 38.5 Å². The van der Waals surface area contributed by atoms with Gasteiger partial charge in [-0.3, -0.25) is 14.6 Å². The molecule has 1 atom stereocenters. The monoisotopic (exact) mass is 734 g/mol. The number of halogens is 5. The van der Waals surface area contributed by atoms with Crippen LogP contribution >= 0.6 is 23.2 Å². The van der Waals surface area contributed by atoms with Crippen LogP contribution in [0.15, 0.2) is 71.6 Å². The summed E-state index contributed by atoms with van der Waals surface area (Å²) in [7, 11) is -3.75. The van der Waals surface area contributed by atoms with Crippen molar-refractivity contribution < 1.29 is 31.1 Å². The van der Waals surface area contributed by atoms with E-state index in [1.54, 1.807) is 24.3 Å². The number of pyridine rings is 1. The highest BCUT2D eigenvalue weighted by atomic mass is 35.5. The van der Waals surface area contributed by atoms with E-state index in [1.165, 1.54) is 42.5 Å². The van der Waals surface area contributed by atoms with E-state index in [2.05, 4.69) is 15.1 Å². The van der Waals surface area contributed by atoms with Crippen LogP contribution in [-0.2, 0) is 21.1 Å². The number of carbonyl (C=O) groups is 1. The Morgan fingerprint density at radius 1 is 0.980 bits per heavy atom. The summed E-state index contributed by atoms with van der Waals surface area (Å²) < 4.78 is 74.5. The standard InChI is InChI=1S/C35H35Cl2F3N4O4S/c1-49(46,47)25-8-10-30-26(20-25)31(34(45)42-33(35(38,39)40)22-5-3-2-4-6-22)27(32(41-30)23-7-9-28(36)29(37)19-23)21-43-13-11-24(12-14-43)44-15-17-48-18-16-44/h2-10,19-20,24,33H,11-18,21H2,1H3,(H,42,45). The lowest BCUT2D eigenvalue weighted by Gasteiger charge is -2.40. The van der Waals surface area contributed by atoms with Crippen molar-refractivity contribution in [3.63, 3.8) is 0 Å². The Labute approximate surface area is 293 Å². The van der Waals surface area contributed by atoms with Crippen molar-refractivity contribution in [1.82, 2.24) is 20.1 Å². The Bertz CT molecular complexity index is 1950. The minimum Gasteiger partial charge on any atom is -0.379 e. The molecule has 2 aliphatic rings. The minimum atomic E-state index is -4.83. The van der Waals surface area contributed by atoms with Gasteiger partial charge in [-0.25, -0.2) is 13.4 Å². The molecule has 14 heteroatoms. The summed E-state index contributed by atoms with van der Waals surface area (Å²) >= 11 is 12.7. The van der Waals surface area contributed by atoms with Crippen LogP contribution in [0.5, 0.6) is 0 Å². The number of carbonyl (C=O) groups excluding carboxylic acids is 1. The molecule has 0 bridgehead atoms. The van der Waals surface area contributed by atoms with Gasteiger partial charge in [0.05, 0.1) is 44.9 Å². The zero-order chi connectivity index (χ0) is 34.9. The maximum atomic E-state index is 14.6. The number of ether oxygens (including phenoxy) is 1. The van der Waals surface area contributed by atoms with Crippen LogP contribution in [0, 0.1) is 0 Å². The molecular weight excluding hydrogens is 700 g/mol. The molecule has 0 aliphatic carbocycles. The van der Waals surface area contributed by atoms with E-state index in [0.717, 1.165) is 32.2 Å². The first-order chi connectivity index (χ1) is 23.3. The molecule has 6 rings (SSSR count). The molecule has 0 radical (unpaired) electrons. The number of fused-ring (bicyclic) bond motifs is 1. The van der Waals surface area contributed by atoms with Crippen LogP contribution < -0.4 is 5.32 Å². The molecule has 3 heterocycles. The quantitative estimate of drug-likeness (QED) is 0.210. The summed E-state index contributed by atoms with van der Waals surface area (Å²) in [5, 5.41) is 2.89. The second-order valence-electron chi connectivity index (χ2n) is 12.4. The first-order valence-corrected chi connectivity index (χ1v) is 18.5. The second kappa shape index (κ2) is 14.5. The van der Waals surface area contributed by atoms with Crippen molar-refractivity contribution in [3.05, 3.63) is 93.5 Å². The van der Waals surface area contributed by atoms with Crippen LogP contribution in [-0.4, -0.2) is 87.0 Å². The fourth-order valence-corrected chi connectivity index (χ4v) is 7.56. The summed E-state index contributed by atoms with van der Waals surface area (Å²) in [6, 6.07) is 14.2. The Morgan fingerprint density at radius 2 is 1.67 bits per heavy atom. The van der Waals surface area contributed by atoms with Gasteiger partial charge in [0.15, 0.2) is 15.9 Å². The predicted octanol–water partition coefficient (Wildman–Crippen LogP) is 6.94. The van der Waals surface area contributed by atoms with E-state index < -0.39 is 28.0 Å². The van der Waals surface area contributed by atoms with E-state index in [1.807, 2.05) is 0 Å². The van der Waals surface area contributed by atoms with E-state index in [0.29, 0.717) is 54.2 Å². The molecular formula is C35H35Cl2F3N4O4S. The lowest BCUT2D eigenvalue weighted by Crippen LogP contribution is -2.48. The number of hydrogen-bond acceptors (Lipinski definition) is 7. The average Bonchev–Trinajstić information content (AvgIpc) is 3.08. The number of likely N-dealkylation sites (tertiary alicyclic amines) is 1. The molecule has 2 fully saturated rings. The van der Waals surface area contributed by atoms with Crippen LogP contribution in [0.4, 0.5) is 13.2 Å². The molecule has 8 nitrogen and oxygen atoms in total. The number of alkyl halides is 3. The molecule has 1 aromatic heterocycles. The average molecular weight is 736 g/mol. The zero-order valence-corrected chi connectivity index (χ0v) is 29.0. The number of amides is 1. The van der Waals surface area contributed by atoms with Gasteiger partial charge in [-0.2, -0.15) is 13.2 Å². The Morgan fingerprint density at radius 3 is 2.31 bits per heavy atom. The Hall–Kier alpha value is -3.26. The van der Waals surface area contributed by atoms with E-state index in [4.69, 9.17) is 32.9 Å². The molecule has 3 aromatic carbocycles. The number of nitrogens with zero attached hydrogens (tertiary/aromatic N) is 3. The lowest BCUT2D eigenvalue weighted by molar-refractivity contribution is -0.155. The number of piperidine rings is 1. The van der Waals surface area contributed by atoms with Gasteiger partial charge in [0.1, 0.15) is 0 Å². The summed E-state index contributed by atoms with van der Waals surface area (Å²) in [5.74, 6) is -1.01. The number of rotatable bonds is 8. The number of aromatic nitrogens is 1. The fraction of sp³-hybridized carbons (Fsp3) is 0.371. The van der Waals surface area contributed by atoms with Crippen LogP contribution in [0.1, 0.15) is 40.4 Å². The van der Waals surface area contributed by atoms with Crippen LogP contribution in [0.25, 0.3) is 22.2 Å². The summed E-state index contributed by atoms with van der Waals surface area (Å²) in [5.41, 5.74) is 1.20. The van der Waals surface area contributed by atoms with Crippen molar-refractivity contribution in [2.45, 2.75) is 42.5 Å². The van der Waals surface area contributed by atoms with Gasteiger partial charge in [0.2, 0.25) is 0 Å². The van der Waals surface area contributed by atoms with E-state index in [9.17, 15) is 26.4 Å². The maximum absolute atomic E-state index is 14.6. The molecule has 1 unspecified atom stereocenters. The molecule has 260 valence electrons. The first-order valence-electron chi connectivity index (χ1n) is 15.9. The van der Waals surface area contributed by atoms with Gasteiger partial charge in [-0.1, -0.05) is 59.6 Å². The summed E-state index contributed by atoms with van der Waals surface area (Å²) in [6.07, 6.45) is -2.09. The zero-order valence-electron chi connectivity index (χ0n) is 26.6. The van der Waals surface area contributed by atoms with Gasteiger partial charge < -0.3 is 10.1 Å². The number of nitrogens with one attached hydrogen (secondary N) is 1. The smallest absolute Gasteiger partial charge is 0.379 e. The topological polar surface area (TPSA) is 91.8 Å². The Balaban J connectivity index is 1.50. The van der Waals surface area contributed by atoms with Crippen molar-refractivity contribution >= 4 is 49.8 Å². The predicted molar refractivity (Wildman–Crippen MR) is 184 cm³/mol. The van der Waals surface area contributed by atoms with Gasteiger partial charge in [-0.15, -0.1) is 0 Å². The minimum absolute atomic E-state index is 0.0861.